The number of nitrogens with zero attached hydrogens (tertiary/aromatic N) is 4. The number of rotatable bonds is 6. The van der Waals surface area contributed by atoms with Gasteiger partial charge in [-0.1, -0.05) is 11.3 Å². The molecule has 3 rings (SSSR count). The van der Waals surface area contributed by atoms with Crippen LogP contribution in [0.1, 0.15) is 12.8 Å². The minimum Gasteiger partial charge on any atom is -0.357 e. The second-order valence-electron chi connectivity index (χ2n) is 4.56. The van der Waals surface area contributed by atoms with Crippen molar-refractivity contribution in [2.24, 2.45) is 0 Å². The molecule has 11 heteroatoms. The van der Waals surface area contributed by atoms with E-state index < -0.39 is 9.85 Å². The van der Waals surface area contributed by atoms with E-state index in [0.717, 1.165) is 30.7 Å². The third kappa shape index (κ3) is 3.31. The predicted octanol–water partition coefficient (Wildman–Crippen LogP) is 3.08. The van der Waals surface area contributed by atoms with Gasteiger partial charge in [-0.2, -0.15) is 0 Å². The van der Waals surface area contributed by atoms with Gasteiger partial charge in [0.15, 0.2) is 4.34 Å². The Balaban J connectivity index is 1.82. The van der Waals surface area contributed by atoms with Gasteiger partial charge in [-0.3, -0.25) is 20.2 Å². The van der Waals surface area contributed by atoms with Crippen molar-refractivity contribution in [1.82, 2.24) is 10.2 Å². The molecule has 0 bridgehead atoms. The zero-order chi connectivity index (χ0) is 15.7. The fraction of sp³-hybridized carbons (Fsp3) is 0.273. The second kappa shape index (κ2) is 5.85. The van der Waals surface area contributed by atoms with Crippen LogP contribution >= 0.6 is 23.1 Å². The van der Waals surface area contributed by atoms with Gasteiger partial charge in [0.05, 0.1) is 20.8 Å². The van der Waals surface area contributed by atoms with E-state index in [-0.39, 0.29) is 11.4 Å². The summed E-state index contributed by atoms with van der Waals surface area (Å²) >= 11 is 2.37. The van der Waals surface area contributed by atoms with Crippen molar-refractivity contribution in [1.29, 1.82) is 0 Å². The van der Waals surface area contributed by atoms with E-state index >= 15 is 0 Å². The van der Waals surface area contributed by atoms with Crippen molar-refractivity contribution < 1.29 is 9.85 Å². The SMILES string of the molecule is O=[N+]([O-])c1ccc(Sc2nnc(NC3CC3)s2)c([N+](=O)[O-])c1. The van der Waals surface area contributed by atoms with E-state index in [2.05, 4.69) is 15.5 Å². The predicted molar refractivity (Wildman–Crippen MR) is 80.4 cm³/mol. The van der Waals surface area contributed by atoms with Crippen LogP contribution in [-0.2, 0) is 0 Å². The molecule has 2 aromatic rings. The number of anilines is 1. The molecule has 1 heterocycles. The van der Waals surface area contributed by atoms with Crippen LogP contribution in [-0.4, -0.2) is 26.1 Å². The average molecular weight is 339 g/mol. The molecule has 1 aliphatic rings. The Morgan fingerprint density at radius 2 is 2.00 bits per heavy atom. The minimum absolute atomic E-state index is 0.296. The number of nitro benzene ring substituents is 2. The molecule has 0 spiro atoms. The molecule has 9 nitrogen and oxygen atoms in total. The van der Waals surface area contributed by atoms with Gasteiger partial charge in [-0.15, -0.1) is 10.2 Å². The quantitative estimate of drug-likeness (QED) is 0.629. The third-order valence-electron chi connectivity index (χ3n) is 2.86. The number of hydrogen-bond donors (Lipinski definition) is 1. The van der Waals surface area contributed by atoms with E-state index in [1.807, 2.05) is 0 Å². The molecule has 1 aromatic carbocycles. The van der Waals surface area contributed by atoms with E-state index in [9.17, 15) is 20.2 Å². The largest absolute Gasteiger partial charge is 0.357 e. The minimum atomic E-state index is -0.663. The Hall–Kier alpha value is -2.27. The topological polar surface area (TPSA) is 124 Å². The monoisotopic (exact) mass is 339 g/mol. The highest BCUT2D eigenvalue weighted by Gasteiger charge is 2.24. The summed E-state index contributed by atoms with van der Waals surface area (Å²) in [5, 5.41) is 33.6. The van der Waals surface area contributed by atoms with Gasteiger partial charge >= 0.3 is 0 Å². The lowest BCUT2D eigenvalue weighted by molar-refractivity contribution is -0.396. The number of nitrogens with one attached hydrogen (secondary N) is 1. The average Bonchev–Trinajstić information content (AvgIpc) is 3.17. The summed E-state index contributed by atoms with van der Waals surface area (Å²) in [6, 6.07) is 3.99. The van der Waals surface area contributed by atoms with Gasteiger partial charge in [0.25, 0.3) is 11.4 Å². The molecule has 1 aliphatic carbocycles. The maximum absolute atomic E-state index is 11.1. The first-order valence-corrected chi connectivity index (χ1v) is 7.87. The molecular formula is C11H9N5O4S2. The van der Waals surface area contributed by atoms with Gasteiger partial charge in [0.2, 0.25) is 5.13 Å². The van der Waals surface area contributed by atoms with Gasteiger partial charge < -0.3 is 5.32 Å². The number of benzene rings is 1. The van der Waals surface area contributed by atoms with Crippen LogP contribution < -0.4 is 5.32 Å². The van der Waals surface area contributed by atoms with Gasteiger partial charge in [0.1, 0.15) is 0 Å². The van der Waals surface area contributed by atoms with Crippen LogP contribution in [0.5, 0.6) is 0 Å². The number of hydrogen-bond acceptors (Lipinski definition) is 9. The first-order chi connectivity index (χ1) is 10.5. The molecule has 0 atom stereocenters. The smallest absolute Gasteiger partial charge is 0.290 e. The number of nitro groups is 2. The van der Waals surface area contributed by atoms with E-state index in [0.29, 0.717) is 20.4 Å². The zero-order valence-corrected chi connectivity index (χ0v) is 12.6. The molecule has 0 unspecified atom stereocenters. The summed E-state index contributed by atoms with van der Waals surface area (Å²) in [5.74, 6) is 0. The van der Waals surface area contributed by atoms with E-state index in [4.69, 9.17) is 0 Å². The highest BCUT2D eigenvalue weighted by atomic mass is 32.2. The zero-order valence-electron chi connectivity index (χ0n) is 11.0. The molecule has 0 aliphatic heterocycles. The van der Waals surface area contributed by atoms with Crippen LogP contribution in [0.25, 0.3) is 0 Å². The Morgan fingerprint density at radius 3 is 2.64 bits per heavy atom. The molecule has 1 saturated carbocycles. The van der Waals surface area contributed by atoms with Crippen molar-refractivity contribution >= 4 is 39.6 Å². The van der Waals surface area contributed by atoms with Crippen LogP contribution in [0.3, 0.4) is 0 Å². The van der Waals surface area contributed by atoms with Gasteiger partial charge in [0, 0.05) is 12.1 Å². The summed E-state index contributed by atoms with van der Waals surface area (Å²) in [4.78, 5) is 20.8. The summed E-state index contributed by atoms with van der Waals surface area (Å²) in [7, 11) is 0. The Labute approximate surface area is 132 Å². The molecule has 0 radical (unpaired) electrons. The van der Waals surface area contributed by atoms with Crippen molar-refractivity contribution in [3.05, 3.63) is 38.4 Å². The standard InChI is InChI=1S/C11H9N5O4S2/c17-15(18)7-3-4-9(8(5-7)16(19)20)21-11-14-13-10(22-11)12-6-1-2-6/h3-6H,1-2H2,(H,12,13). The van der Waals surface area contributed by atoms with E-state index in [1.165, 1.54) is 23.5 Å². The highest BCUT2D eigenvalue weighted by Crippen LogP contribution is 2.39. The fourth-order valence-electron chi connectivity index (χ4n) is 1.65. The first kappa shape index (κ1) is 14.7. The van der Waals surface area contributed by atoms with Crippen LogP contribution in [0, 0.1) is 20.2 Å². The second-order valence-corrected chi connectivity index (χ2v) is 6.83. The Morgan fingerprint density at radius 1 is 1.23 bits per heavy atom. The molecule has 0 saturated heterocycles. The molecule has 0 amide bonds. The number of aromatic nitrogens is 2. The number of non-ortho nitro benzene ring substituents is 1. The first-order valence-electron chi connectivity index (χ1n) is 6.23. The lowest BCUT2D eigenvalue weighted by Gasteiger charge is -2.00. The molecule has 1 fully saturated rings. The van der Waals surface area contributed by atoms with Crippen molar-refractivity contribution in [2.75, 3.05) is 5.32 Å². The van der Waals surface area contributed by atoms with Crippen LogP contribution in [0.2, 0.25) is 0 Å². The lowest BCUT2D eigenvalue weighted by atomic mass is 10.3. The van der Waals surface area contributed by atoms with Crippen molar-refractivity contribution in [2.45, 2.75) is 28.1 Å². The third-order valence-corrected chi connectivity index (χ3v) is 4.83. The van der Waals surface area contributed by atoms with Crippen LogP contribution in [0.15, 0.2) is 27.4 Å². The fourth-order valence-corrected chi connectivity index (χ4v) is 3.52. The lowest BCUT2D eigenvalue weighted by Crippen LogP contribution is -1.99. The maximum atomic E-state index is 11.1. The summed E-state index contributed by atoms with van der Waals surface area (Å²) < 4.78 is 0.542. The van der Waals surface area contributed by atoms with Crippen molar-refractivity contribution in [3.63, 3.8) is 0 Å². The van der Waals surface area contributed by atoms with Crippen LogP contribution in [0.4, 0.5) is 16.5 Å². The normalized spacial score (nSPS) is 13.8. The van der Waals surface area contributed by atoms with Crippen molar-refractivity contribution in [3.8, 4) is 0 Å². The molecule has 1 aromatic heterocycles. The molecular weight excluding hydrogens is 330 g/mol. The maximum Gasteiger partial charge on any atom is 0.290 e. The van der Waals surface area contributed by atoms with Gasteiger partial charge in [-0.05, 0) is 30.7 Å². The summed E-state index contributed by atoms with van der Waals surface area (Å²) in [6.07, 6.45) is 2.21. The summed E-state index contributed by atoms with van der Waals surface area (Å²) in [6.45, 7) is 0. The summed E-state index contributed by atoms with van der Waals surface area (Å²) in [5.41, 5.74) is -0.629. The molecule has 1 N–H and O–H groups in total. The Kier molecular flexibility index (Phi) is 3.90. The molecule has 114 valence electrons. The Bertz CT molecular complexity index is 746. The highest BCUT2D eigenvalue weighted by molar-refractivity contribution is 8.01. The van der Waals surface area contributed by atoms with E-state index in [1.54, 1.807) is 0 Å². The van der Waals surface area contributed by atoms with Gasteiger partial charge in [-0.25, -0.2) is 0 Å². The molecule has 22 heavy (non-hydrogen) atoms.